The molecule has 0 saturated heterocycles. The number of oxazole rings is 1. The van der Waals surface area contributed by atoms with Gasteiger partial charge in [0.1, 0.15) is 0 Å². The van der Waals surface area contributed by atoms with Gasteiger partial charge in [0.05, 0.1) is 11.3 Å². The molecule has 1 N–H and O–H groups in total. The Balaban J connectivity index is 1.99. The van der Waals surface area contributed by atoms with Crippen LogP contribution in [0.1, 0.15) is 38.6 Å². The van der Waals surface area contributed by atoms with Gasteiger partial charge >= 0.3 is 5.97 Å². The Morgan fingerprint density at radius 1 is 1.38 bits per heavy atom. The van der Waals surface area contributed by atoms with Crippen molar-refractivity contribution in [2.24, 2.45) is 0 Å². The van der Waals surface area contributed by atoms with Crippen molar-refractivity contribution in [3.8, 4) is 0 Å². The number of aromatic carboxylic acids is 1. The molecule has 6 heteroatoms. The van der Waals surface area contributed by atoms with E-state index in [0.717, 1.165) is 24.1 Å². The zero-order valence-corrected chi connectivity index (χ0v) is 11.5. The van der Waals surface area contributed by atoms with Crippen molar-refractivity contribution in [2.75, 3.05) is 11.4 Å². The Kier molecular flexibility index (Phi) is 3.21. The van der Waals surface area contributed by atoms with Gasteiger partial charge in [-0.25, -0.2) is 9.78 Å². The zero-order valence-electron chi connectivity index (χ0n) is 11.5. The summed E-state index contributed by atoms with van der Waals surface area (Å²) in [5.41, 5.74) is 2.40. The molecule has 2 heterocycles. The molecule has 6 nitrogen and oxygen atoms in total. The van der Waals surface area contributed by atoms with Crippen LogP contribution in [0.5, 0.6) is 0 Å². The molecule has 0 fully saturated rings. The predicted octanol–water partition coefficient (Wildman–Crippen LogP) is 2.27. The van der Waals surface area contributed by atoms with Crippen molar-refractivity contribution in [1.29, 1.82) is 0 Å². The van der Waals surface area contributed by atoms with Crippen molar-refractivity contribution in [1.82, 2.24) is 4.98 Å². The first-order valence-corrected chi connectivity index (χ1v) is 6.66. The average molecular weight is 286 g/mol. The fourth-order valence-corrected chi connectivity index (χ4v) is 2.57. The largest absolute Gasteiger partial charge is 0.478 e. The molecule has 0 saturated carbocycles. The number of carbonyl (C=O) groups is 2. The topological polar surface area (TPSA) is 83.6 Å². The minimum Gasteiger partial charge on any atom is -0.478 e. The van der Waals surface area contributed by atoms with Crippen LogP contribution in [0.3, 0.4) is 0 Å². The molecule has 0 radical (unpaired) electrons. The summed E-state index contributed by atoms with van der Waals surface area (Å²) in [6.07, 6.45) is 2.80. The van der Waals surface area contributed by atoms with E-state index in [9.17, 15) is 9.59 Å². The lowest BCUT2D eigenvalue weighted by molar-refractivity contribution is 0.0696. The van der Waals surface area contributed by atoms with E-state index >= 15 is 0 Å². The zero-order chi connectivity index (χ0) is 15.0. The van der Waals surface area contributed by atoms with Gasteiger partial charge in [-0.1, -0.05) is 0 Å². The molecule has 1 aromatic heterocycles. The van der Waals surface area contributed by atoms with Gasteiger partial charge in [-0.3, -0.25) is 4.79 Å². The van der Waals surface area contributed by atoms with E-state index in [1.54, 1.807) is 24.0 Å². The second kappa shape index (κ2) is 5.05. The highest BCUT2D eigenvalue weighted by molar-refractivity contribution is 6.05. The summed E-state index contributed by atoms with van der Waals surface area (Å²) >= 11 is 0. The number of aromatic nitrogens is 1. The molecule has 3 rings (SSSR count). The number of hydrogen-bond acceptors (Lipinski definition) is 4. The summed E-state index contributed by atoms with van der Waals surface area (Å²) in [7, 11) is 0. The average Bonchev–Trinajstić information content (AvgIpc) is 2.91. The number of anilines is 1. The molecular weight excluding hydrogens is 272 g/mol. The van der Waals surface area contributed by atoms with Crippen molar-refractivity contribution in [3.63, 3.8) is 0 Å². The second-order valence-electron chi connectivity index (χ2n) is 4.98. The van der Waals surface area contributed by atoms with Crippen LogP contribution in [0.4, 0.5) is 5.69 Å². The lowest BCUT2D eigenvalue weighted by Gasteiger charge is -2.29. The number of fused-ring (bicyclic) bond motifs is 1. The summed E-state index contributed by atoms with van der Waals surface area (Å²) in [6.45, 7) is 2.30. The molecule has 0 bridgehead atoms. The number of carboxylic acids is 1. The number of aryl methyl sites for hydroxylation is 2. The number of rotatable bonds is 2. The normalized spacial score (nSPS) is 13.9. The van der Waals surface area contributed by atoms with Gasteiger partial charge in [-0.05, 0) is 43.5 Å². The Bertz CT molecular complexity index is 720. The Labute approximate surface area is 121 Å². The van der Waals surface area contributed by atoms with Crippen molar-refractivity contribution >= 4 is 17.6 Å². The van der Waals surface area contributed by atoms with Crippen molar-refractivity contribution in [2.45, 2.75) is 19.8 Å². The number of carboxylic acid groups (broad SMARTS) is 1. The molecule has 0 atom stereocenters. The highest BCUT2D eigenvalue weighted by Crippen LogP contribution is 2.29. The third-order valence-corrected chi connectivity index (χ3v) is 3.63. The van der Waals surface area contributed by atoms with Gasteiger partial charge in [0.25, 0.3) is 5.91 Å². The summed E-state index contributed by atoms with van der Waals surface area (Å²) in [6, 6.07) is 4.83. The molecule has 21 heavy (non-hydrogen) atoms. The van der Waals surface area contributed by atoms with E-state index in [0.29, 0.717) is 12.2 Å². The molecule has 1 aromatic carbocycles. The maximum atomic E-state index is 12.5. The smallest absolute Gasteiger partial charge is 0.335 e. The van der Waals surface area contributed by atoms with Gasteiger partial charge in [-0.2, -0.15) is 0 Å². The Morgan fingerprint density at radius 2 is 2.19 bits per heavy atom. The highest BCUT2D eigenvalue weighted by atomic mass is 16.4. The van der Waals surface area contributed by atoms with E-state index in [4.69, 9.17) is 9.52 Å². The van der Waals surface area contributed by atoms with Crippen LogP contribution in [-0.4, -0.2) is 28.5 Å². The fourth-order valence-electron chi connectivity index (χ4n) is 2.57. The second-order valence-corrected chi connectivity index (χ2v) is 4.98. The number of nitrogens with zero attached hydrogens (tertiary/aromatic N) is 2. The molecule has 0 spiro atoms. The molecule has 0 unspecified atom stereocenters. The number of carbonyl (C=O) groups excluding carboxylic acids is 1. The Morgan fingerprint density at radius 3 is 2.86 bits per heavy atom. The predicted molar refractivity (Wildman–Crippen MR) is 74.6 cm³/mol. The molecular formula is C15H14N2O4. The molecule has 1 amide bonds. The van der Waals surface area contributed by atoms with Crippen LogP contribution in [0.15, 0.2) is 29.0 Å². The molecule has 108 valence electrons. The fraction of sp³-hybridized carbons (Fsp3) is 0.267. The minimum absolute atomic E-state index is 0.227. The summed E-state index contributed by atoms with van der Waals surface area (Å²) in [5.74, 6) is -0.980. The number of benzene rings is 1. The quantitative estimate of drug-likeness (QED) is 0.915. The van der Waals surface area contributed by atoms with Crippen LogP contribution in [-0.2, 0) is 6.42 Å². The Hall–Kier alpha value is -2.63. The van der Waals surface area contributed by atoms with Crippen LogP contribution >= 0.6 is 0 Å². The van der Waals surface area contributed by atoms with Gasteiger partial charge in [-0.15, -0.1) is 0 Å². The lowest BCUT2D eigenvalue weighted by Crippen LogP contribution is -2.35. The first-order chi connectivity index (χ1) is 10.1. The molecule has 0 aliphatic carbocycles. The van der Waals surface area contributed by atoms with Crippen molar-refractivity contribution < 1.29 is 19.1 Å². The monoisotopic (exact) mass is 286 g/mol. The first kappa shape index (κ1) is 13.4. The van der Waals surface area contributed by atoms with Crippen LogP contribution in [0, 0.1) is 6.92 Å². The number of amides is 1. The first-order valence-electron chi connectivity index (χ1n) is 6.66. The highest BCUT2D eigenvalue weighted by Gasteiger charge is 2.27. The van der Waals surface area contributed by atoms with E-state index < -0.39 is 5.97 Å². The lowest BCUT2D eigenvalue weighted by atomic mass is 9.99. The van der Waals surface area contributed by atoms with Gasteiger partial charge in [0.15, 0.2) is 6.39 Å². The third kappa shape index (κ3) is 2.29. The number of hydrogen-bond donors (Lipinski definition) is 1. The van der Waals surface area contributed by atoms with E-state index in [-0.39, 0.29) is 17.2 Å². The summed E-state index contributed by atoms with van der Waals surface area (Å²) < 4.78 is 5.16. The van der Waals surface area contributed by atoms with Gasteiger partial charge in [0, 0.05) is 12.2 Å². The minimum atomic E-state index is -0.965. The van der Waals surface area contributed by atoms with Crippen molar-refractivity contribution in [3.05, 3.63) is 47.2 Å². The van der Waals surface area contributed by atoms with E-state index in [1.165, 1.54) is 12.5 Å². The maximum absolute atomic E-state index is 12.5. The SMILES string of the molecule is Cc1ncoc1C(=O)N1CCCc2cc(C(=O)O)ccc21. The van der Waals surface area contributed by atoms with E-state index in [2.05, 4.69) is 4.98 Å². The maximum Gasteiger partial charge on any atom is 0.335 e. The van der Waals surface area contributed by atoms with Gasteiger partial charge in [0.2, 0.25) is 5.76 Å². The van der Waals surface area contributed by atoms with Crippen LogP contribution < -0.4 is 4.90 Å². The summed E-state index contributed by atoms with van der Waals surface area (Å²) in [4.78, 5) is 29.1. The van der Waals surface area contributed by atoms with E-state index in [1.807, 2.05) is 0 Å². The van der Waals surface area contributed by atoms with Crippen LogP contribution in [0.2, 0.25) is 0 Å². The molecule has 2 aromatic rings. The third-order valence-electron chi connectivity index (χ3n) is 3.63. The van der Waals surface area contributed by atoms with Crippen LogP contribution in [0.25, 0.3) is 0 Å². The molecule has 1 aliphatic heterocycles. The molecule has 1 aliphatic rings. The standard InChI is InChI=1S/C15H14N2O4/c1-9-13(21-8-16-9)14(18)17-6-2-3-10-7-11(15(19)20)4-5-12(10)17/h4-5,7-8H,2-3,6H2,1H3,(H,19,20). The van der Waals surface area contributed by atoms with Gasteiger partial charge < -0.3 is 14.4 Å². The summed E-state index contributed by atoms with van der Waals surface area (Å²) in [5, 5.41) is 9.04.